The van der Waals surface area contributed by atoms with Crippen LogP contribution in [0.5, 0.6) is 0 Å². The van der Waals surface area contributed by atoms with Gasteiger partial charge in [0.1, 0.15) is 5.82 Å². The van der Waals surface area contributed by atoms with E-state index in [-0.39, 0.29) is 18.1 Å². The average Bonchev–Trinajstić information content (AvgIpc) is 3.42. The maximum Gasteiger partial charge on any atom is 0.338 e. The Kier molecular flexibility index (Phi) is 4.39. The van der Waals surface area contributed by atoms with Gasteiger partial charge in [-0.2, -0.15) is 4.98 Å². The zero-order chi connectivity index (χ0) is 20.7. The van der Waals surface area contributed by atoms with E-state index in [0.717, 1.165) is 29.8 Å². The van der Waals surface area contributed by atoms with Crippen LogP contribution in [0.25, 0.3) is 22.3 Å². The van der Waals surface area contributed by atoms with Crippen LogP contribution in [0.15, 0.2) is 51.8 Å². The minimum absolute atomic E-state index is 0.0676. The van der Waals surface area contributed by atoms with Gasteiger partial charge in [-0.3, -0.25) is 9.36 Å². The highest BCUT2D eigenvalue weighted by molar-refractivity contribution is 5.94. The van der Waals surface area contributed by atoms with Crippen molar-refractivity contribution in [1.29, 1.82) is 0 Å². The van der Waals surface area contributed by atoms with E-state index in [0.29, 0.717) is 28.8 Å². The van der Waals surface area contributed by atoms with Gasteiger partial charge in [0, 0.05) is 18.5 Å². The summed E-state index contributed by atoms with van der Waals surface area (Å²) in [5, 5.41) is 4.45. The van der Waals surface area contributed by atoms with E-state index in [1.165, 1.54) is 0 Å². The molecule has 8 heteroatoms. The van der Waals surface area contributed by atoms with Gasteiger partial charge in [-0.05, 0) is 37.1 Å². The zero-order valence-electron chi connectivity index (χ0n) is 16.3. The van der Waals surface area contributed by atoms with Crippen LogP contribution in [0.4, 0.5) is 0 Å². The summed E-state index contributed by atoms with van der Waals surface area (Å²) in [6.45, 7) is 2.51. The predicted molar refractivity (Wildman–Crippen MR) is 108 cm³/mol. The third-order valence-electron chi connectivity index (χ3n) is 5.23. The van der Waals surface area contributed by atoms with Gasteiger partial charge in [0.2, 0.25) is 5.82 Å². The minimum atomic E-state index is -0.546. The van der Waals surface area contributed by atoms with E-state index in [4.69, 9.17) is 9.26 Å². The van der Waals surface area contributed by atoms with Crippen LogP contribution in [-0.2, 0) is 24.3 Å². The third kappa shape index (κ3) is 3.16. The van der Waals surface area contributed by atoms with Gasteiger partial charge >= 0.3 is 5.97 Å². The Balaban J connectivity index is 1.34. The second-order valence-electron chi connectivity index (χ2n) is 7.22. The summed E-state index contributed by atoms with van der Waals surface area (Å²) in [7, 11) is 0. The van der Waals surface area contributed by atoms with Crippen molar-refractivity contribution in [2.75, 3.05) is 0 Å². The first-order valence-corrected chi connectivity index (χ1v) is 9.69. The lowest BCUT2D eigenvalue weighted by Crippen LogP contribution is -2.21. The molecule has 0 atom stereocenters. The van der Waals surface area contributed by atoms with Crippen LogP contribution < -0.4 is 5.56 Å². The fraction of sp³-hybridized carbons (Fsp3) is 0.227. The van der Waals surface area contributed by atoms with Crippen LogP contribution in [0.3, 0.4) is 0 Å². The van der Waals surface area contributed by atoms with E-state index < -0.39 is 5.97 Å². The molecular weight excluding hydrogens is 384 g/mol. The molecule has 0 aliphatic carbocycles. The number of nitrogens with zero attached hydrogens (tertiary/aromatic N) is 4. The summed E-state index contributed by atoms with van der Waals surface area (Å²) < 4.78 is 12.2. The van der Waals surface area contributed by atoms with E-state index in [1.807, 2.05) is 31.2 Å². The lowest BCUT2D eigenvalue weighted by Gasteiger charge is -2.06. The van der Waals surface area contributed by atoms with E-state index in [1.54, 1.807) is 22.8 Å². The van der Waals surface area contributed by atoms with E-state index in [2.05, 4.69) is 15.1 Å². The molecule has 8 nitrogen and oxygen atoms in total. The molecule has 0 saturated carbocycles. The number of carbonyl (C=O) groups excluding carboxylic acids is 1. The summed E-state index contributed by atoms with van der Waals surface area (Å²) in [5.74, 6) is 0.863. The number of hydrogen-bond acceptors (Lipinski definition) is 7. The maximum absolute atomic E-state index is 12.5. The van der Waals surface area contributed by atoms with Gasteiger partial charge in [0.05, 0.1) is 16.5 Å². The quantitative estimate of drug-likeness (QED) is 0.484. The van der Waals surface area contributed by atoms with Crippen LogP contribution >= 0.6 is 0 Å². The fourth-order valence-corrected chi connectivity index (χ4v) is 3.67. The van der Waals surface area contributed by atoms with Gasteiger partial charge in [-0.15, -0.1) is 0 Å². The largest absolute Gasteiger partial charge is 0.452 e. The number of carbonyl (C=O) groups is 1. The molecule has 0 saturated heterocycles. The summed E-state index contributed by atoms with van der Waals surface area (Å²) in [5.41, 5.74) is 2.63. The minimum Gasteiger partial charge on any atom is -0.452 e. The number of aryl methyl sites for hydroxylation is 2. The Morgan fingerprint density at radius 2 is 2.07 bits per heavy atom. The monoisotopic (exact) mass is 402 g/mol. The number of rotatable bonds is 4. The Morgan fingerprint density at radius 3 is 2.93 bits per heavy atom. The smallest absolute Gasteiger partial charge is 0.338 e. The number of aromatic nitrogens is 4. The molecule has 2 aromatic heterocycles. The van der Waals surface area contributed by atoms with Crippen molar-refractivity contribution < 1.29 is 14.1 Å². The lowest BCUT2D eigenvalue weighted by molar-refractivity contribution is 0.0430. The van der Waals surface area contributed by atoms with Gasteiger partial charge in [0.15, 0.2) is 6.61 Å². The molecule has 0 unspecified atom stereocenters. The Hall–Kier alpha value is -3.81. The summed E-state index contributed by atoms with van der Waals surface area (Å²) in [6.07, 6.45) is 1.67. The molecule has 0 fully saturated rings. The molecule has 4 aromatic rings. The number of hydrogen-bond donors (Lipinski definition) is 0. The number of ether oxygens (including phenoxy) is 1. The van der Waals surface area contributed by atoms with Gasteiger partial charge in [-0.25, -0.2) is 9.78 Å². The van der Waals surface area contributed by atoms with Crippen molar-refractivity contribution >= 4 is 16.9 Å². The van der Waals surface area contributed by atoms with Crippen molar-refractivity contribution in [1.82, 2.24) is 19.7 Å². The molecular formula is C22H18N4O4. The van der Waals surface area contributed by atoms with Gasteiger partial charge in [0.25, 0.3) is 11.4 Å². The van der Waals surface area contributed by atoms with Crippen LogP contribution in [0.1, 0.15) is 34.1 Å². The number of esters is 1. The molecule has 0 spiro atoms. The fourth-order valence-electron chi connectivity index (χ4n) is 3.67. The molecule has 1 aliphatic rings. The van der Waals surface area contributed by atoms with Crippen LogP contribution in [-0.4, -0.2) is 25.7 Å². The third-order valence-corrected chi connectivity index (χ3v) is 5.23. The van der Waals surface area contributed by atoms with Crippen molar-refractivity contribution in [2.24, 2.45) is 0 Å². The first-order chi connectivity index (χ1) is 14.6. The molecule has 5 rings (SSSR count). The van der Waals surface area contributed by atoms with E-state index >= 15 is 0 Å². The summed E-state index contributed by atoms with van der Waals surface area (Å²) >= 11 is 0. The Bertz CT molecular complexity index is 1340. The SMILES string of the molecule is Cc1ccccc1-c1noc(COC(=O)c2ccc3c(=O)n4c(nc3c2)CCC4)n1. The lowest BCUT2D eigenvalue weighted by atomic mass is 10.1. The topological polar surface area (TPSA) is 100 Å². The second-order valence-corrected chi connectivity index (χ2v) is 7.22. The van der Waals surface area contributed by atoms with Crippen molar-refractivity contribution in [2.45, 2.75) is 32.9 Å². The van der Waals surface area contributed by atoms with Crippen LogP contribution in [0.2, 0.25) is 0 Å². The molecule has 2 aromatic carbocycles. The molecule has 0 bridgehead atoms. The average molecular weight is 402 g/mol. The number of benzene rings is 2. The molecule has 0 amide bonds. The molecule has 0 radical (unpaired) electrons. The predicted octanol–water partition coefficient (Wildman–Crippen LogP) is 3.06. The normalized spacial score (nSPS) is 12.8. The first kappa shape index (κ1) is 18.2. The Morgan fingerprint density at radius 1 is 1.20 bits per heavy atom. The van der Waals surface area contributed by atoms with Gasteiger partial charge in [-0.1, -0.05) is 29.4 Å². The highest BCUT2D eigenvalue weighted by Crippen LogP contribution is 2.20. The van der Waals surface area contributed by atoms with Crippen molar-refractivity contribution in [3.05, 3.63) is 75.7 Å². The van der Waals surface area contributed by atoms with E-state index in [9.17, 15) is 9.59 Å². The van der Waals surface area contributed by atoms with Crippen LogP contribution in [0, 0.1) is 6.92 Å². The second kappa shape index (κ2) is 7.22. The number of fused-ring (bicyclic) bond motifs is 2. The van der Waals surface area contributed by atoms with Gasteiger partial charge < -0.3 is 9.26 Å². The van der Waals surface area contributed by atoms with Crippen molar-refractivity contribution in [3.63, 3.8) is 0 Å². The van der Waals surface area contributed by atoms with Crippen molar-refractivity contribution in [3.8, 4) is 11.4 Å². The highest BCUT2D eigenvalue weighted by Gasteiger charge is 2.18. The summed E-state index contributed by atoms with van der Waals surface area (Å²) in [6, 6.07) is 12.5. The first-order valence-electron chi connectivity index (χ1n) is 9.69. The zero-order valence-corrected chi connectivity index (χ0v) is 16.3. The molecule has 30 heavy (non-hydrogen) atoms. The molecule has 150 valence electrons. The highest BCUT2D eigenvalue weighted by atomic mass is 16.6. The maximum atomic E-state index is 12.5. The molecule has 1 aliphatic heterocycles. The molecule has 0 N–H and O–H groups in total. The standard InChI is InChI=1S/C22H18N4O4/c1-13-5-2-3-6-15(13)20-24-19(30-25-20)12-29-22(28)14-8-9-16-17(11-14)23-18-7-4-10-26(18)21(16)27/h2-3,5-6,8-9,11H,4,7,10,12H2,1H3. The summed E-state index contributed by atoms with van der Waals surface area (Å²) in [4.78, 5) is 33.9. The molecule has 3 heterocycles. The Labute approximate surface area is 171 Å².